The first kappa shape index (κ1) is 17.4. The summed E-state index contributed by atoms with van der Waals surface area (Å²) >= 11 is 0. The number of hydrogen-bond acceptors (Lipinski definition) is 2. The van der Waals surface area contributed by atoms with Crippen LogP contribution in [0.2, 0.25) is 0 Å². The molecule has 2 N–H and O–H groups in total. The first-order valence-electron chi connectivity index (χ1n) is 7.81. The van der Waals surface area contributed by atoms with Crippen LogP contribution in [-0.2, 0) is 9.59 Å². The summed E-state index contributed by atoms with van der Waals surface area (Å²) in [7, 11) is 0. The molecule has 4 nitrogen and oxygen atoms in total. The van der Waals surface area contributed by atoms with Crippen LogP contribution in [0.5, 0.6) is 0 Å². The Bertz CT molecular complexity index is 614. The minimum Gasteiger partial charge on any atom is -0.481 e. The highest BCUT2D eigenvalue weighted by molar-refractivity contribution is 5.84. The number of nitrogens with one attached hydrogen (secondary N) is 1. The smallest absolute Gasteiger partial charge is 0.305 e. The fraction of sp³-hybridized carbons (Fsp3) is 0.529. The van der Waals surface area contributed by atoms with Gasteiger partial charge in [0, 0.05) is 11.5 Å². The van der Waals surface area contributed by atoms with Gasteiger partial charge in [0.05, 0.1) is 6.42 Å². The second-order valence-corrected chi connectivity index (χ2v) is 6.14. The lowest BCUT2D eigenvalue weighted by molar-refractivity contribution is -0.139. The molecule has 0 heterocycles. The summed E-state index contributed by atoms with van der Waals surface area (Å²) < 4.78 is 27.1. The summed E-state index contributed by atoms with van der Waals surface area (Å²) in [5, 5.41) is 11.9. The first-order valence-corrected chi connectivity index (χ1v) is 7.81. The topological polar surface area (TPSA) is 66.4 Å². The van der Waals surface area contributed by atoms with Crippen LogP contribution in [0, 0.1) is 17.6 Å². The van der Waals surface area contributed by atoms with Gasteiger partial charge in [0.25, 0.3) is 0 Å². The molecule has 23 heavy (non-hydrogen) atoms. The number of amides is 1. The number of carboxylic acids is 1. The zero-order chi connectivity index (χ0) is 17.2. The Balaban J connectivity index is 2.08. The maximum Gasteiger partial charge on any atom is 0.305 e. The molecule has 1 aromatic rings. The fourth-order valence-electron chi connectivity index (χ4n) is 3.00. The molecular weight excluding hydrogens is 304 g/mol. The third kappa shape index (κ3) is 3.68. The molecule has 126 valence electrons. The van der Waals surface area contributed by atoms with Crippen molar-refractivity contribution in [2.75, 3.05) is 0 Å². The second kappa shape index (κ2) is 6.64. The highest BCUT2D eigenvalue weighted by Gasteiger charge is 2.47. The van der Waals surface area contributed by atoms with Crippen LogP contribution in [0.1, 0.15) is 51.0 Å². The van der Waals surface area contributed by atoms with Gasteiger partial charge in [-0.3, -0.25) is 9.59 Å². The van der Waals surface area contributed by atoms with Crippen molar-refractivity contribution >= 4 is 11.9 Å². The Morgan fingerprint density at radius 3 is 2.52 bits per heavy atom. The maximum atomic E-state index is 13.8. The monoisotopic (exact) mass is 325 g/mol. The molecule has 0 aromatic heterocycles. The van der Waals surface area contributed by atoms with Gasteiger partial charge >= 0.3 is 5.97 Å². The van der Waals surface area contributed by atoms with Gasteiger partial charge in [-0.05, 0) is 36.8 Å². The zero-order valence-electron chi connectivity index (χ0n) is 13.2. The quantitative estimate of drug-likeness (QED) is 0.809. The largest absolute Gasteiger partial charge is 0.481 e. The van der Waals surface area contributed by atoms with Crippen LogP contribution in [0.4, 0.5) is 8.78 Å². The Kier molecular flexibility index (Phi) is 5.02. The molecule has 0 radical (unpaired) electrons. The number of carbonyl (C=O) groups excluding carboxylic acids is 1. The van der Waals surface area contributed by atoms with E-state index in [1.807, 2.05) is 13.8 Å². The van der Waals surface area contributed by atoms with Crippen molar-refractivity contribution in [2.24, 2.45) is 5.92 Å². The molecule has 0 bridgehead atoms. The zero-order valence-corrected chi connectivity index (χ0v) is 13.2. The van der Waals surface area contributed by atoms with E-state index >= 15 is 0 Å². The molecule has 2 rings (SSSR count). The minimum atomic E-state index is -0.975. The normalized spacial score (nSPS) is 20.2. The third-order valence-electron chi connectivity index (χ3n) is 4.74. The molecule has 1 amide bonds. The summed E-state index contributed by atoms with van der Waals surface area (Å²) in [5.74, 6) is -3.87. The van der Waals surface area contributed by atoms with Crippen LogP contribution >= 0.6 is 0 Å². The van der Waals surface area contributed by atoms with E-state index in [9.17, 15) is 18.4 Å². The SMILES string of the molecule is CCC(CC)(CC(=O)O)NC(=O)C1CC1c1cccc(F)c1F. The van der Waals surface area contributed by atoms with E-state index in [2.05, 4.69) is 5.32 Å². The lowest BCUT2D eigenvalue weighted by Gasteiger charge is -2.31. The standard InChI is InChI=1S/C17H21F2NO3/c1-3-17(4-2,9-14(21)22)20-16(23)12-8-11(12)10-6-5-7-13(18)15(10)19/h5-7,11-12H,3-4,8-9H2,1-2H3,(H,20,23)(H,21,22). The van der Waals surface area contributed by atoms with Crippen molar-refractivity contribution in [2.45, 2.75) is 51.0 Å². The molecule has 0 aliphatic heterocycles. The van der Waals surface area contributed by atoms with Crippen molar-refractivity contribution in [3.63, 3.8) is 0 Å². The van der Waals surface area contributed by atoms with Crippen molar-refractivity contribution < 1.29 is 23.5 Å². The van der Waals surface area contributed by atoms with E-state index in [-0.39, 0.29) is 23.8 Å². The van der Waals surface area contributed by atoms with E-state index in [1.165, 1.54) is 12.1 Å². The Labute approximate surface area is 133 Å². The minimum absolute atomic E-state index is 0.155. The van der Waals surface area contributed by atoms with E-state index in [0.717, 1.165) is 6.07 Å². The first-order chi connectivity index (χ1) is 10.8. The van der Waals surface area contributed by atoms with Crippen molar-refractivity contribution in [1.82, 2.24) is 5.32 Å². The Morgan fingerprint density at radius 2 is 1.96 bits per heavy atom. The summed E-state index contributed by atoms with van der Waals surface area (Å²) in [5.41, 5.74) is -0.585. The predicted molar refractivity (Wildman–Crippen MR) is 80.9 cm³/mol. The van der Waals surface area contributed by atoms with E-state index < -0.39 is 29.1 Å². The summed E-state index contributed by atoms with van der Waals surface area (Å²) in [6, 6.07) is 3.96. The number of halogens is 2. The summed E-state index contributed by atoms with van der Waals surface area (Å²) in [6.45, 7) is 3.65. The number of benzene rings is 1. The highest BCUT2D eigenvalue weighted by atomic mass is 19.2. The van der Waals surface area contributed by atoms with Crippen LogP contribution in [-0.4, -0.2) is 22.5 Å². The van der Waals surface area contributed by atoms with Crippen LogP contribution < -0.4 is 5.32 Å². The molecular formula is C17H21F2NO3. The van der Waals surface area contributed by atoms with Crippen molar-refractivity contribution in [3.05, 3.63) is 35.4 Å². The average Bonchev–Trinajstić information content (AvgIpc) is 3.29. The van der Waals surface area contributed by atoms with E-state index in [1.54, 1.807) is 0 Å². The summed E-state index contributed by atoms with van der Waals surface area (Å²) in [4.78, 5) is 23.4. The molecule has 2 atom stereocenters. The van der Waals surface area contributed by atoms with Gasteiger partial charge in [-0.2, -0.15) is 0 Å². The Hall–Kier alpha value is -1.98. The molecule has 0 spiro atoms. The van der Waals surface area contributed by atoms with Gasteiger partial charge < -0.3 is 10.4 Å². The molecule has 1 aliphatic carbocycles. The average molecular weight is 325 g/mol. The second-order valence-electron chi connectivity index (χ2n) is 6.14. The van der Waals surface area contributed by atoms with Gasteiger partial charge in [0.15, 0.2) is 11.6 Å². The molecule has 0 saturated heterocycles. The third-order valence-corrected chi connectivity index (χ3v) is 4.74. The molecule has 1 saturated carbocycles. The fourth-order valence-corrected chi connectivity index (χ4v) is 3.00. The Morgan fingerprint density at radius 1 is 1.30 bits per heavy atom. The van der Waals surface area contributed by atoms with Gasteiger partial charge in [0.2, 0.25) is 5.91 Å². The van der Waals surface area contributed by atoms with Crippen LogP contribution in [0.3, 0.4) is 0 Å². The molecule has 1 aliphatic rings. The van der Waals surface area contributed by atoms with Gasteiger partial charge in [-0.25, -0.2) is 8.78 Å². The highest BCUT2D eigenvalue weighted by Crippen LogP contribution is 2.49. The molecule has 1 aromatic carbocycles. The van der Waals surface area contributed by atoms with E-state index in [4.69, 9.17) is 5.11 Å². The van der Waals surface area contributed by atoms with Gasteiger partial charge in [0.1, 0.15) is 0 Å². The van der Waals surface area contributed by atoms with Gasteiger partial charge in [-0.1, -0.05) is 26.0 Å². The van der Waals surface area contributed by atoms with Crippen molar-refractivity contribution in [1.29, 1.82) is 0 Å². The van der Waals surface area contributed by atoms with Crippen LogP contribution in [0.25, 0.3) is 0 Å². The summed E-state index contributed by atoms with van der Waals surface area (Å²) in [6.07, 6.45) is 1.28. The number of aliphatic carboxylic acids is 1. The number of rotatable bonds is 7. The lowest BCUT2D eigenvalue weighted by Crippen LogP contribution is -2.49. The number of carboxylic acid groups (broad SMARTS) is 1. The van der Waals surface area contributed by atoms with Crippen LogP contribution in [0.15, 0.2) is 18.2 Å². The van der Waals surface area contributed by atoms with Gasteiger partial charge in [-0.15, -0.1) is 0 Å². The lowest BCUT2D eigenvalue weighted by atomic mass is 9.88. The van der Waals surface area contributed by atoms with Crippen molar-refractivity contribution in [3.8, 4) is 0 Å². The molecule has 1 fully saturated rings. The molecule has 2 unspecified atom stereocenters. The number of hydrogen-bond donors (Lipinski definition) is 2. The molecule has 6 heteroatoms. The number of carbonyl (C=O) groups is 2. The predicted octanol–water partition coefficient (Wildman–Crippen LogP) is 3.22. The van der Waals surface area contributed by atoms with E-state index in [0.29, 0.717) is 19.3 Å². The maximum absolute atomic E-state index is 13.8.